The van der Waals surface area contributed by atoms with Crippen LogP contribution in [0.5, 0.6) is 0 Å². The summed E-state index contributed by atoms with van der Waals surface area (Å²) in [5.41, 5.74) is 0.785. The van der Waals surface area contributed by atoms with Gasteiger partial charge in [-0.2, -0.15) is 4.31 Å². The second-order valence-electron chi connectivity index (χ2n) is 7.06. The molecule has 154 valence electrons. The van der Waals surface area contributed by atoms with E-state index in [1.54, 1.807) is 29.2 Å². The van der Waals surface area contributed by atoms with Gasteiger partial charge in [0.2, 0.25) is 21.8 Å². The van der Waals surface area contributed by atoms with Gasteiger partial charge < -0.3 is 10.2 Å². The Hall–Kier alpha value is -1.90. The molecule has 1 aliphatic heterocycles. The van der Waals surface area contributed by atoms with Crippen molar-refractivity contribution in [2.75, 3.05) is 38.5 Å². The van der Waals surface area contributed by atoms with Crippen molar-refractivity contribution in [3.63, 3.8) is 0 Å². The van der Waals surface area contributed by atoms with Crippen molar-refractivity contribution in [1.82, 2.24) is 14.5 Å². The zero-order valence-corrected chi connectivity index (χ0v) is 17.7. The van der Waals surface area contributed by atoms with E-state index in [1.165, 1.54) is 10.4 Å². The fourth-order valence-electron chi connectivity index (χ4n) is 2.86. The molecule has 1 aromatic rings. The summed E-state index contributed by atoms with van der Waals surface area (Å²) in [6.07, 6.45) is 2.96. The summed E-state index contributed by atoms with van der Waals surface area (Å²) in [5, 5.41) is 3.13. The van der Waals surface area contributed by atoms with Crippen molar-refractivity contribution in [1.29, 1.82) is 0 Å². The van der Waals surface area contributed by atoms with Crippen LogP contribution in [0.15, 0.2) is 30.3 Å². The topological polar surface area (TPSA) is 86.8 Å². The molecule has 2 rings (SSSR count). The molecule has 7 nitrogen and oxygen atoms in total. The maximum absolute atomic E-state index is 12.3. The number of nitrogens with one attached hydrogen (secondary N) is 1. The lowest BCUT2D eigenvalue weighted by Crippen LogP contribution is -2.53. The van der Waals surface area contributed by atoms with Gasteiger partial charge in [-0.1, -0.05) is 37.6 Å². The van der Waals surface area contributed by atoms with Crippen LogP contribution in [0.25, 0.3) is 6.08 Å². The van der Waals surface area contributed by atoms with Crippen LogP contribution < -0.4 is 5.32 Å². The van der Waals surface area contributed by atoms with Gasteiger partial charge >= 0.3 is 0 Å². The number of nitrogens with zero attached hydrogens (tertiary/aromatic N) is 2. The number of hydrogen-bond donors (Lipinski definition) is 1. The van der Waals surface area contributed by atoms with Crippen LogP contribution in [-0.4, -0.2) is 67.9 Å². The Kier molecular flexibility index (Phi) is 8.03. The third kappa shape index (κ3) is 6.92. The van der Waals surface area contributed by atoms with Crippen LogP contribution in [0.1, 0.15) is 19.4 Å². The molecule has 0 spiro atoms. The van der Waals surface area contributed by atoms with E-state index in [-0.39, 0.29) is 43.1 Å². The Morgan fingerprint density at radius 3 is 2.50 bits per heavy atom. The van der Waals surface area contributed by atoms with E-state index in [4.69, 9.17) is 11.6 Å². The van der Waals surface area contributed by atoms with Gasteiger partial charge in [-0.05, 0) is 29.7 Å². The highest BCUT2D eigenvalue weighted by Crippen LogP contribution is 2.12. The quantitative estimate of drug-likeness (QED) is 0.669. The third-order valence-corrected chi connectivity index (χ3v) is 6.69. The van der Waals surface area contributed by atoms with Gasteiger partial charge in [0.05, 0.1) is 12.3 Å². The van der Waals surface area contributed by atoms with Gasteiger partial charge in [-0.25, -0.2) is 8.42 Å². The molecule has 1 heterocycles. The van der Waals surface area contributed by atoms with Crippen LogP contribution >= 0.6 is 11.6 Å². The largest absolute Gasteiger partial charge is 0.343 e. The van der Waals surface area contributed by atoms with E-state index < -0.39 is 10.0 Å². The Morgan fingerprint density at radius 2 is 1.89 bits per heavy atom. The molecule has 1 aliphatic rings. The SMILES string of the molecule is CC(C)CS(=O)(=O)N1CCN(C(=O)CNC(=O)/C=C/c2cccc(Cl)c2)CC1. The normalized spacial score (nSPS) is 15.9. The zero-order valence-electron chi connectivity index (χ0n) is 16.1. The number of carbonyl (C=O) groups is 2. The van der Waals surface area contributed by atoms with Crippen LogP contribution in [0.4, 0.5) is 0 Å². The number of hydrogen-bond acceptors (Lipinski definition) is 4. The molecule has 0 unspecified atom stereocenters. The summed E-state index contributed by atoms with van der Waals surface area (Å²) < 4.78 is 25.9. The second-order valence-corrected chi connectivity index (χ2v) is 9.51. The van der Waals surface area contributed by atoms with Crippen molar-refractivity contribution in [2.45, 2.75) is 13.8 Å². The van der Waals surface area contributed by atoms with Gasteiger partial charge in [0.15, 0.2) is 0 Å². The number of halogens is 1. The number of amides is 2. The number of sulfonamides is 1. The van der Waals surface area contributed by atoms with Crippen LogP contribution in [0.2, 0.25) is 5.02 Å². The predicted octanol–water partition coefficient (Wildman–Crippen LogP) is 1.60. The number of piperazine rings is 1. The molecular formula is C19H26ClN3O4S. The molecular weight excluding hydrogens is 402 g/mol. The highest BCUT2D eigenvalue weighted by Gasteiger charge is 2.29. The molecule has 0 radical (unpaired) electrons. The smallest absolute Gasteiger partial charge is 0.244 e. The van der Waals surface area contributed by atoms with E-state index in [9.17, 15) is 18.0 Å². The van der Waals surface area contributed by atoms with Crippen LogP contribution in [0.3, 0.4) is 0 Å². The lowest BCUT2D eigenvalue weighted by Gasteiger charge is -2.34. The highest BCUT2D eigenvalue weighted by atomic mass is 35.5. The van der Waals surface area contributed by atoms with Gasteiger partial charge in [0, 0.05) is 37.3 Å². The maximum atomic E-state index is 12.3. The van der Waals surface area contributed by atoms with E-state index in [0.717, 1.165) is 5.56 Å². The third-order valence-electron chi connectivity index (χ3n) is 4.22. The summed E-state index contributed by atoms with van der Waals surface area (Å²) >= 11 is 5.89. The molecule has 2 amide bonds. The minimum absolute atomic E-state index is 0.0554. The van der Waals surface area contributed by atoms with Crippen molar-refractivity contribution in [3.05, 3.63) is 40.9 Å². The van der Waals surface area contributed by atoms with E-state index >= 15 is 0 Å². The molecule has 1 fully saturated rings. The average molecular weight is 428 g/mol. The molecule has 0 atom stereocenters. The second kappa shape index (κ2) is 10.0. The average Bonchev–Trinajstić information content (AvgIpc) is 2.63. The van der Waals surface area contributed by atoms with Gasteiger partial charge in [0.25, 0.3) is 0 Å². The van der Waals surface area contributed by atoms with Crippen molar-refractivity contribution >= 4 is 39.5 Å². The first kappa shape index (κ1) is 22.4. The fourth-order valence-corrected chi connectivity index (χ4v) is 4.83. The maximum Gasteiger partial charge on any atom is 0.244 e. The fraction of sp³-hybridized carbons (Fsp3) is 0.474. The lowest BCUT2D eigenvalue weighted by molar-refractivity contribution is -0.133. The van der Waals surface area contributed by atoms with Gasteiger partial charge in [0.1, 0.15) is 0 Å². The molecule has 0 bridgehead atoms. The summed E-state index contributed by atoms with van der Waals surface area (Å²) in [4.78, 5) is 25.7. The van der Waals surface area contributed by atoms with Crippen molar-refractivity contribution < 1.29 is 18.0 Å². The minimum Gasteiger partial charge on any atom is -0.343 e. The van der Waals surface area contributed by atoms with E-state index in [0.29, 0.717) is 18.1 Å². The highest BCUT2D eigenvalue weighted by molar-refractivity contribution is 7.89. The molecule has 28 heavy (non-hydrogen) atoms. The molecule has 0 aromatic heterocycles. The molecule has 1 saturated heterocycles. The van der Waals surface area contributed by atoms with Crippen molar-refractivity contribution in [3.8, 4) is 0 Å². The van der Waals surface area contributed by atoms with Crippen LogP contribution in [-0.2, 0) is 19.6 Å². The van der Waals surface area contributed by atoms with Gasteiger partial charge in [-0.15, -0.1) is 0 Å². The minimum atomic E-state index is -3.29. The Bertz CT molecular complexity index is 831. The molecule has 0 aliphatic carbocycles. The van der Waals surface area contributed by atoms with Crippen LogP contribution in [0, 0.1) is 5.92 Å². The monoisotopic (exact) mass is 427 g/mol. The zero-order chi connectivity index (χ0) is 20.7. The Balaban J connectivity index is 1.77. The summed E-state index contributed by atoms with van der Waals surface area (Å²) in [5.74, 6) is -0.451. The lowest BCUT2D eigenvalue weighted by atomic mass is 10.2. The predicted molar refractivity (Wildman–Crippen MR) is 110 cm³/mol. The summed E-state index contributed by atoms with van der Waals surface area (Å²) in [6, 6.07) is 7.06. The molecule has 9 heteroatoms. The number of rotatable bonds is 7. The van der Waals surface area contributed by atoms with Crippen molar-refractivity contribution in [2.24, 2.45) is 5.92 Å². The first-order chi connectivity index (χ1) is 13.2. The first-order valence-electron chi connectivity index (χ1n) is 9.14. The standard InChI is InChI=1S/C19H26ClN3O4S/c1-15(2)14-28(26,27)23-10-8-22(9-11-23)19(25)13-21-18(24)7-6-16-4-3-5-17(20)12-16/h3-7,12,15H,8-11,13-14H2,1-2H3,(H,21,24)/b7-6+. The van der Waals surface area contributed by atoms with Gasteiger partial charge in [-0.3, -0.25) is 9.59 Å². The molecule has 1 N–H and O–H groups in total. The number of benzene rings is 1. The van der Waals surface area contributed by atoms with E-state index in [1.807, 2.05) is 19.9 Å². The molecule has 1 aromatic carbocycles. The summed E-state index contributed by atoms with van der Waals surface area (Å²) in [6.45, 7) is 4.81. The Labute approximate surface area is 171 Å². The summed E-state index contributed by atoms with van der Waals surface area (Å²) in [7, 11) is -3.29. The number of carbonyl (C=O) groups excluding carboxylic acids is 2. The van der Waals surface area contributed by atoms with E-state index in [2.05, 4.69) is 5.32 Å². The molecule has 0 saturated carbocycles. The Morgan fingerprint density at radius 1 is 1.21 bits per heavy atom. The first-order valence-corrected chi connectivity index (χ1v) is 11.1.